The average molecular weight is 313 g/mol. The lowest BCUT2D eigenvalue weighted by atomic mass is 10.0. The lowest BCUT2D eigenvalue weighted by Crippen LogP contribution is -2.29. The van der Waals surface area contributed by atoms with E-state index in [0.29, 0.717) is 12.1 Å². The lowest BCUT2D eigenvalue weighted by Gasteiger charge is -2.29. The average Bonchev–Trinajstić information content (AvgIpc) is 2.34. The van der Waals surface area contributed by atoms with E-state index in [4.69, 9.17) is 0 Å². The maximum atomic E-state index is 3.57. The molecule has 0 aliphatic carbocycles. The molecule has 0 fully saturated rings. The first kappa shape index (κ1) is 15.5. The van der Waals surface area contributed by atoms with Crippen molar-refractivity contribution in [3.8, 4) is 0 Å². The van der Waals surface area contributed by atoms with Crippen molar-refractivity contribution < 1.29 is 0 Å². The molecule has 1 aromatic carbocycles. The van der Waals surface area contributed by atoms with Crippen LogP contribution in [0.2, 0.25) is 0 Å². The van der Waals surface area contributed by atoms with Gasteiger partial charge in [-0.2, -0.15) is 0 Å². The van der Waals surface area contributed by atoms with Gasteiger partial charge in [0.2, 0.25) is 0 Å². The second-order valence-electron chi connectivity index (χ2n) is 5.08. The van der Waals surface area contributed by atoms with E-state index in [0.717, 1.165) is 17.4 Å². The summed E-state index contributed by atoms with van der Waals surface area (Å²) in [4.78, 5) is 2.32. The molecule has 1 N–H and O–H groups in total. The number of nitrogens with one attached hydrogen (secondary N) is 1. The van der Waals surface area contributed by atoms with Gasteiger partial charge in [0.1, 0.15) is 0 Å². The number of hydrogen-bond acceptors (Lipinski definition) is 2. The van der Waals surface area contributed by atoms with Crippen LogP contribution in [-0.4, -0.2) is 19.6 Å². The number of hydrogen-bond donors (Lipinski definition) is 1. The molecule has 2 nitrogen and oxygen atoms in total. The molecule has 1 rings (SSSR count). The lowest BCUT2D eigenvalue weighted by molar-refractivity contribution is 0.568. The van der Waals surface area contributed by atoms with Gasteiger partial charge < -0.3 is 10.2 Å². The Morgan fingerprint density at radius 3 is 2.50 bits per heavy atom. The van der Waals surface area contributed by atoms with Crippen LogP contribution in [0.1, 0.15) is 45.7 Å². The monoisotopic (exact) mass is 312 g/mol. The van der Waals surface area contributed by atoms with Crippen molar-refractivity contribution in [3.05, 3.63) is 28.2 Å². The van der Waals surface area contributed by atoms with Crippen LogP contribution in [-0.2, 0) is 0 Å². The molecular weight excluding hydrogens is 288 g/mol. The molecule has 0 saturated heterocycles. The Hall–Kier alpha value is -0.540. The van der Waals surface area contributed by atoms with Gasteiger partial charge >= 0.3 is 0 Å². The van der Waals surface area contributed by atoms with Gasteiger partial charge in [-0.1, -0.05) is 28.9 Å². The molecule has 0 aromatic heterocycles. The summed E-state index contributed by atoms with van der Waals surface area (Å²) < 4.78 is 1.14. The van der Waals surface area contributed by atoms with Crippen LogP contribution in [0.25, 0.3) is 0 Å². The van der Waals surface area contributed by atoms with E-state index in [1.54, 1.807) is 0 Å². The van der Waals surface area contributed by atoms with Crippen LogP contribution in [0.3, 0.4) is 0 Å². The van der Waals surface area contributed by atoms with E-state index >= 15 is 0 Å². The summed E-state index contributed by atoms with van der Waals surface area (Å²) >= 11 is 3.57. The van der Waals surface area contributed by atoms with Crippen molar-refractivity contribution in [1.29, 1.82) is 0 Å². The summed E-state index contributed by atoms with van der Waals surface area (Å²) in [5.41, 5.74) is 2.67. The standard InChI is InChI=1S/C15H25BrN2/c1-6-9-17-12(4)14-8-7-13(16)10-15(14)18(5)11(2)3/h7-8,10-12,17H,6,9H2,1-5H3. The maximum absolute atomic E-state index is 3.57. The fourth-order valence-electron chi connectivity index (χ4n) is 1.94. The molecule has 0 spiro atoms. The van der Waals surface area contributed by atoms with Gasteiger partial charge in [0.15, 0.2) is 0 Å². The zero-order chi connectivity index (χ0) is 13.7. The summed E-state index contributed by atoms with van der Waals surface area (Å²) in [6, 6.07) is 7.42. The first-order valence-electron chi connectivity index (χ1n) is 6.73. The van der Waals surface area contributed by atoms with Crippen molar-refractivity contribution in [2.75, 3.05) is 18.5 Å². The van der Waals surface area contributed by atoms with Gasteiger partial charge in [-0.15, -0.1) is 0 Å². The molecule has 0 heterocycles. The Kier molecular flexibility index (Phi) is 6.16. The topological polar surface area (TPSA) is 15.3 Å². The molecule has 0 aliphatic rings. The molecule has 1 aromatic rings. The van der Waals surface area contributed by atoms with Gasteiger partial charge in [-0.25, -0.2) is 0 Å². The second kappa shape index (κ2) is 7.15. The molecule has 0 amide bonds. The van der Waals surface area contributed by atoms with Crippen LogP contribution >= 0.6 is 15.9 Å². The fourth-order valence-corrected chi connectivity index (χ4v) is 2.29. The van der Waals surface area contributed by atoms with Crippen LogP contribution in [0.15, 0.2) is 22.7 Å². The van der Waals surface area contributed by atoms with Gasteiger partial charge in [0.05, 0.1) is 0 Å². The van der Waals surface area contributed by atoms with Crippen molar-refractivity contribution in [3.63, 3.8) is 0 Å². The SMILES string of the molecule is CCCNC(C)c1ccc(Br)cc1N(C)C(C)C. The molecule has 0 bridgehead atoms. The van der Waals surface area contributed by atoms with Gasteiger partial charge in [-0.3, -0.25) is 0 Å². The Morgan fingerprint density at radius 2 is 1.94 bits per heavy atom. The Morgan fingerprint density at radius 1 is 1.28 bits per heavy atom. The quantitative estimate of drug-likeness (QED) is 0.840. The predicted octanol–water partition coefficient (Wildman–Crippen LogP) is 4.35. The summed E-state index contributed by atoms with van der Waals surface area (Å²) in [7, 11) is 2.16. The third-order valence-corrected chi connectivity index (χ3v) is 3.81. The Labute approximate surface area is 120 Å². The molecule has 0 radical (unpaired) electrons. The van der Waals surface area contributed by atoms with Crippen molar-refractivity contribution >= 4 is 21.6 Å². The molecule has 18 heavy (non-hydrogen) atoms. The van der Waals surface area contributed by atoms with Crippen LogP contribution in [0, 0.1) is 0 Å². The summed E-state index contributed by atoms with van der Waals surface area (Å²) in [5.74, 6) is 0. The first-order valence-corrected chi connectivity index (χ1v) is 7.52. The predicted molar refractivity (Wildman–Crippen MR) is 84.4 cm³/mol. The number of nitrogens with zero attached hydrogens (tertiary/aromatic N) is 1. The Balaban J connectivity index is 3.02. The molecule has 3 heteroatoms. The zero-order valence-corrected chi connectivity index (χ0v) is 13.7. The highest BCUT2D eigenvalue weighted by Gasteiger charge is 2.15. The molecular formula is C15H25BrN2. The minimum Gasteiger partial charge on any atom is -0.372 e. The van der Waals surface area contributed by atoms with Crippen LogP contribution in [0.4, 0.5) is 5.69 Å². The summed E-state index contributed by atoms with van der Waals surface area (Å²) in [6.07, 6.45) is 1.16. The first-order chi connectivity index (χ1) is 8.47. The highest BCUT2D eigenvalue weighted by atomic mass is 79.9. The third-order valence-electron chi connectivity index (χ3n) is 3.31. The third kappa shape index (κ3) is 3.99. The molecule has 0 saturated carbocycles. The molecule has 102 valence electrons. The zero-order valence-electron chi connectivity index (χ0n) is 12.1. The van der Waals surface area contributed by atoms with E-state index < -0.39 is 0 Å². The summed E-state index contributed by atoms with van der Waals surface area (Å²) in [6.45, 7) is 9.92. The van der Waals surface area contributed by atoms with Crippen molar-refractivity contribution in [2.45, 2.75) is 46.2 Å². The highest BCUT2D eigenvalue weighted by Crippen LogP contribution is 2.30. The normalized spacial score (nSPS) is 12.8. The van der Waals surface area contributed by atoms with E-state index in [1.165, 1.54) is 11.3 Å². The maximum Gasteiger partial charge on any atom is 0.0425 e. The minimum absolute atomic E-state index is 0.384. The highest BCUT2D eigenvalue weighted by molar-refractivity contribution is 9.10. The molecule has 1 unspecified atom stereocenters. The van der Waals surface area contributed by atoms with Crippen molar-refractivity contribution in [2.24, 2.45) is 0 Å². The largest absolute Gasteiger partial charge is 0.372 e. The van der Waals surface area contributed by atoms with E-state index in [2.05, 4.69) is 79.1 Å². The van der Waals surface area contributed by atoms with Crippen molar-refractivity contribution in [1.82, 2.24) is 5.32 Å². The summed E-state index contributed by atoms with van der Waals surface area (Å²) in [5, 5.41) is 3.56. The smallest absolute Gasteiger partial charge is 0.0425 e. The van der Waals surface area contributed by atoms with Crippen LogP contribution < -0.4 is 10.2 Å². The molecule has 0 aliphatic heterocycles. The minimum atomic E-state index is 0.384. The fraction of sp³-hybridized carbons (Fsp3) is 0.600. The number of rotatable bonds is 6. The Bertz CT molecular complexity index is 377. The van der Waals surface area contributed by atoms with E-state index in [9.17, 15) is 0 Å². The number of halogens is 1. The van der Waals surface area contributed by atoms with E-state index in [1.807, 2.05) is 0 Å². The van der Waals surface area contributed by atoms with Gasteiger partial charge in [-0.05, 0) is 51.4 Å². The molecule has 1 atom stereocenters. The van der Waals surface area contributed by atoms with Crippen LogP contribution in [0.5, 0.6) is 0 Å². The number of anilines is 1. The van der Waals surface area contributed by atoms with Gasteiger partial charge in [0.25, 0.3) is 0 Å². The van der Waals surface area contributed by atoms with Gasteiger partial charge in [0, 0.05) is 29.3 Å². The van der Waals surface area contributed by atoms with E-state index in [-0.39, 0.29) is 0 Å². The number of benzene rings is 1. The second-order valence-corrected chi connectivity index (χ2v) is 6.00.